The molecule has 0 radical (unpaired) electrons. The van der Waals surface area contributed by atoms with E-state index in [0.717, 1.165) is 4.90 Å². The van der Waals surface area contributed by atoms with Crippen molar-refractivity contribution < 1.29 is 34.2 Å². The molecule has 2 aliphatic heterocycles. The molecule has 10 nitrogen and oxygen atoms in total. The third-order valence-electron chi connectivity index (χ3n) is 4.71. The molecule has 0 saturated carbocycles. The molecule has 2 fully saturated rings. The zero-order chi connectivity index (χ0) is 18.8. The Balaban J connectivity index is 2.25. The van der Waals surface area contributed by atoms with Crippen molar-refractivity contribution in [2.75, 3.05) is 6.54 Å². The number of carbonyl (C=O) groups is 5. The first-order chi connectivity index (χ1) is 11.7. The molecule has 10 heteroatoms. The molecule has 2 amide bonds. The van der Waals surface area contributed by atoms with Crippen molar-refractivity contribution in [1.82, 2.24) is 10.2 Å². The number of hydrogen-bond donors (Lipinski definition) is 4. The van der Waals surface area contributed by atoms with Crippen LogP contribution in [-0.2, 0) is 24.0 Å². The number of amides is 2. The molecule has 138 valence electrons. The van der Waals surface area contributed by atoms with E-state index in [1.54, 1.807) is 0 Å². The minimum atomic E-state index is -2.07. The molecule has 0 aromatic heterocycles. The van der Waals surface area contributed by atoms with Crippen molar-refractivity contribution in [3.05, 3.63) is 0 Å². The monoisotopic (exact) mass is 355 g/mol. The van der Waals surface area contributed by atoms with Gasteiger partial charge in [-0.1, -0.05) is 0 Å². The second-order valence-electron chi connectivity index (χ2n) is 6.32. The summed E-state index contributed by atoms with van der Waals surface area (Å²) in [5.74, 6) is -4.43. The highest BCUT2D eigenvalue weighted by molar-refractivity contribution is 6.14. The molecule has 0 aliphatic carbocycles. The van der Waals surface area contributed by atoms with E-state index in [-0.39, 0.29) is 44.6 Å². The van der Waals surface area contributed by atoms with Crippen molar-refractivity contribution in [3.63, 3.8) is 0 Å². The Hall–Kier alpha value is -2.49. The van der Waals surface area contributed by atoms with Crippen LogP contribution in [0.5, 0.6) is 0 Å². The molecule has 3 atom stereocenters. The molecular weight excluding hydrogens is 334 g/mol. The van der Waals surface area contributed by atoms with Crippen LogP contribution in [0.25, 0.3) is 0 Å². The largest absolute Gasteiger partial charge is 0.481 e. The number of carboxylic acids is 2. The highest BCUT2D eigenvalue weighted by Crippen LogP contribution is 2.34. The van der Waals surface area contributed by atoms with Gasteiger partial charge in [-0.25, -0.2) is 4.79 Å². The molecule has 2 heterocycles. The molecule has 5 N–H and O–H groups in total. The zero-order valence-corrected chi connectivity index (χ0v) is 13.6. The summed E-state index contributed by atoms with van der Waals surface area (Å²) in [5.41, 5.74) is 3.64. The van der Waals surface area contributed by atoms with Crippen LogP contribution in [0.15, 0.2) is 0 Å². The Kier molecular flexibility index (Phi) is 5.41. The van der Waals surface area contributed by atoms with Crippen LogP contribution in [0.1, 0.15) is 38.5 Å². The SMILES string of the molecule is NC(CCC(=O)O)C(=O)N1CCCC1(C(=O)O)C(=O)C1CCC(=O)N1. The first-order valence-corrected chi connectivity index (χ1v) is 8.06. The smallest absolute Gasteiger partial charge is 0.337 e. The lowest BCUT2D eigenvalue weighted by Crippen LogP contribution is -2.64. The topological polar surface area (TPSA) is 167 Å². The summed E-state index contributed by atoms with van der Waals surface area (Å²) in [7, 11) is 0. The number of nitrogens with two attached hydrogens (primary N) is 1. The molecule has 25 heavy (non-hydrogen) atoms. The van der Waals surface area contributed by atoms with Gasteiger partial charge in [-0.2, -0.15) is 0 Å². The average molecular weight is 355 g/mol. The van der Waals surface area contributed by atoms with Crippen LogP contribution >= 0.6 is 0 Å². The lowest BCUT2D eigenvalue weighted by atomic mass is 9.85. The Bertz CT molecular complexity index is 620. The maximum atomic E-state index is 12.8. The summed E-state index contributed by atoms with van der Waals surface area (Å²) >= 11 is 0. The Morgan fingerprint density at radius 3 is 2.52 bits per heavy atom. The van der Waals surface area contributed by atoms with Gasteiger partial charge in [-0.3, -0.25) is 19.2 Å². The van der Waals surface area contributed by atoms with Gasteiger partial charge in [-0.05, 0) is 25.7 Å². The van der Waals surface area contributed by atoms with E-state index in [1.807, 2.05) is 0 Å². The summed E-state index contributed by atoms with van der Waals surface area (Å²) in [6, 6.07) is -2.16. The second-order valence-corrected chi connectivity index (χ2v) is 6.32. The van der Waals surface area contributed by atoms with Crippen molar-refractivity contribution >= 4 is 29.5 Å². The van der Waals surface area contributed by atoms with Crippen LogP contribution in [0.4, 0.5) is 0 Å². The van der Waals surface area contributed by atoms with Gasteiger partial charge in [0.25, 0.3) is 0 Å². The molecule has 2 rings (SSSR count). The number of nitrogens with one attached hydrogen (secondary N) is 1. The number of Topliss-reactive ketones (excluding diaryl/α,β-unsaturated/α-hetero) is 1. The van der Waals surface area contributed by atoms with E-state index in [4.69, 9.17) is 10.8 Å². The maximum absolute atomic E-state index is 12.8. The van der Waals surface area contributed by atoms with E-state index >= 15 is 0 Å². The van der Waals surface area contributed by atoms with Crippen molar-refractivity contribution in [2.45, 2.75) is 56.1 Å². The van der Waals surface area contributed by atoms with Gasteiger partial charge < -0.3 is 26.2 Å². The summed E-state index contributed by atoms with van der Waals surface area (Å²) in [5, 5.41) is 20.8. The Morgan fingerprint density at radius 2 is 2.00 bits per heavy atom. The number of carboxylic acid groups (broad SMARTS) is 2. The number of likely N-dealkylation sites (tertiary alicyclic amines) is 1. The molecule has 2 saturated heterocycles. The van der Waals surface area contributed by atoms with Gasteiger partial charge in [0.05, 0.1) is 12.1 Å². The highest BCUT2D eigenvalue weighted by atomic mass is 16.4. The summed E-state index contributed by atoms with van der Waals surface area (Å²) in [6.07, 6.45) is 0.0428. The lowest BCUT2D eigenvalue weighted by molar-refractivity contribution is -0.163. The predicted molar refractivity (Wildman–Crippen MR) is 82.3 cm³/mol. The molecular formula is C15H21N3O7. The van der Waals surface area contributed by atoms with E-state index in [9.17, 15) is 29.1 Å². The minimum absolute atomic E-state index is 0.0400. The first-order valence-electron chi connectivity index (χ1n) is 8.06. The molecule has 0 spiro atoms. The van der Waals surface area contributed by atoms with E-state index in [1.165, 1.54) is 0 Å². The number of aliphatic carboxylic acids is 2. The molecule has 0 bridgehead atoms. The highest BCUT2D eigenvalue weighted by Gasteiger charge is 2.58. The fraction of sp³-hybridized carbons (Fsp3) is 0.667. The molecule has 3 unspecified atom stereocenters. The maximum Gasteiger partial charge on any atom is 0.337 e. The third kappa shape index (κ3) is 3.48. The van der Waals surface area contributed by atoms with Crippen molar-refractivity contribution in [1.29, 1.82) is 0 Å². The third-order valence-corrected chi connectivity index (χ3v) is 4.71. The van der Waals surface area contributed by atoms with Gasteiger partial charge in [0.15, 0.2) is 5.78 Å². The van der Waals surface area contributed by atoms with Crippen LogP contribution in [0, 0.1) is 0 Å². The van der Waals surface area contributed by atoms with Crippen LogP contribution in [-0.4, -0.2) is 68.8 Å². The quantitative estimate of drug-likeness (QED) is 0.399. The predicted octanol–water partition coefficient (Wildman–Crippen LogP) is -1.53. The summed E-state index contributed by atoms with van der Waals surface area (Å²) in [4.78, 5) is 60.3. The second kappa shape index (κ2) is 7.18. The van der Waals surface area contributed by atoms with Crippen molar-refractivity contribution in [3.8, 4) is 0 Å². The van der Waals surface area contributed by atoms with Crippen molar-refractivity contribution in [2.24, 2.45) is 5.73 Å². The van der Waals surface area contributed by atoms with Crippen LogP contribution in [0.2, 0.25) is 0 Å². The number of hydrogen-bond acceptors (Lipinski definition) is 6. The molecule has 0 aromatic rings. The summed E-state index contributed by atoms with van der Waals surface area (Å²) in [6.45, 7) is 0.0400. The fourth-order valence-corrected chi connectivity index (χ4v) is 3.40. The van der Waals surface area contributed by atoms with Gasteiger partial charge in [0, 0.05) is 19.4 Å². The lowest BCUT2D eigenvalue weighted by Gasteiger charge is -2.36. The number of carbonyl (C=O) groups excluding carboxylic acids is 3. The first kappa shape index (κ1) is 18.8. The molecule has 0 aromatic carbocycles. The minimum Gasteiger partial charge on any atom is -0.481 e. The van der Waals surface area contributed by atoms with Gasteiger partial charge in [0.1, 0.15) is 0 Å². The summed E-state index contributed by atoms with van der Waals surface area (Å²) < 4.78 is 0. The van der Waals surface area contributed by atoms with Crippen LogP contribution in [0.3, 0.4) is 0 Å². The Labute approximate surface area is 143 Å². The van der Waals surface area contributed by atoms with Gasteiger partial charge in [0.2, 0.25) is 17.4 Å². The van der Waals surface area contributed by atoms with Gasteiger partial charge >= 0.3 is 11.9 Å². The molecule has 2 aliphatic rings. The Morgan fingerprint density at radius 1 is 1.32 bits per heavy atom. The number of ketones is 1. The van der Waals surface area contributed by atoms with E-state index < -0.39 is 41.3 Å². The normalized spacial score (nSPS) is 27.0. The standard InChI is InChI=1S/C15H21N3O7/c16-8(2-5-11(20)21)13(23)18-7-1-6-15(18,14(24)25)12(22)9-3-4-10(19)17-9/h8-9H,1-7,16H2,(H,17,19)(H,20,21)(H,24,25). The van der Waals surface area contributed by atoms with E-state index in [0.29, 0.717) is 6.42 Å². The zero-order valence-electron chi connectivity index (χ0n) is 13.6. The van der Waals surface area contributed by atoms with Crippen LogP contribution < -0.4 is 11.1 Å². The fourth-order valence-electron chi connectivity index (χ4n) is 3.40. The number of rotatable bonds is 7. The number of nitrogens with zero attached hydrogens (tertiary/aromatic N) is 1. The average Bonchev–Trinajstić information content (AvgIpc) is 3.18. The van der Waals surface area contributed by atoms with E-state index in [2.05, 4.69) is 5.32 Å². The van der Waals surface area contributed by atoms with Gasteiger partial charge in [-0.15, -0.1) is 0 Å².